The Morgan fingerprint density at radius 1 is 0.973 bits per heavy atom. The van der Waals surface area contributed by atoms with Crippen molar-refractivity contribution in [2.75, 3.05) is 6.54 Å². The number of aliphatic carboxylic acids is 2. The zero-order valence-electron chi connectivity index (χ0n) is 19.6. The number of carboxylic acids is 2. The molecule has 1 aliphatic heterocycles. The molecule has 1 aromatic carbocycles. The van der Waals surface area contributed by atoms with E-state index < -0.39 is 41.4 Å². The number of carboxylic acid groups (broad SMARTS) is 2. The second kappa shape index (κ2) is 13.1. The molecule has 1 unspecified atom stereocenters. The third-order valence-electron chi connectivity index (χ3n) is 5.46. The molecule has 15 nitrogen and oxygen atoms in total. The van der Waals surface area contributed by atoms with Crippen LogP contribution in [0.15, 0.2) is 38.4 Å². The molecule has 15 heteroatoms. The number of nitrogens with zero attached hydrogens (tertiary/aromatic N) is 2. The van der Waals surface area contributed by atoms with Gasteiger partial charge in [0, 0.05) is 12.5 Å². The van der Waals surface area contributed by atoms with Gasteiger partial charge in [-0.2, -0.15) is 0 Å². The summed E-state index contributed by atoms with van der Waals surface area (Å²) in [5.41, 5.74) is 10.5. The largest absolute Gasteiger partial charge is 0.480 e. The number of rotatable bonds is 12. The number of nitrogens with one attached hydrogen (secondary N) is 1. The Morgan fingerprint density at radius 2 is 1.54 bits per heavy atom. The van der Waals surface area contributed by atoms with E-state index in [1.807, 2.05) is 0 Å². The molecule has 7 N–H and O–H groups in total. The summed E-state index contributed by atoms with van der Waals surface area (Å²) in [6.07, 6.45) is 2.44. The molecule has 1 aromatic heterocycles. The predicted molar refractivity (Wildman–Crippen MR) is 125 cm³/mol. The maximum Gasteiger partial charge on any atom is 0.440 e. The van der Waals surface area contributed by atoms with Gasteiger partial charge in [0.15, 0.2) is 0 Å². The van der Waals surface area contributed by atoms with Crippen LogP contribution in [0.2, 0.25) is 0 Å². The Kier molecular flexibility index (Phi) is 10.2. The number of carbonyl (C=O) groups excluding carboxylic acids is 3. The summed E-state index contributed by atoms with van der Waals surface area (Å²) in [4.78, 5) is 80.5. The van der Waals surface area contributed by atoms with Gasteiger partial charge in [-0.05, 0) is 31.4 Å². The van der Waals surface area contributed by atoms with Gasteiger partial charge in [-0.15, -0.1) is 4.74 Å². The number of fused-ring (bicyclic) bond motifs is 1. The van der Waals surface area contributed by atoms with E-state index in [1.54, 1.807) is 29.2 Å². The van der Waals surface area contributed by atoms with Crippen molar-refractivity contribution in [1.82, 2.24) is 14.6 Å². The van der Waals surface area contributed by atoms with Gasteiger partial charge in [-0.3, -0.25) is 24.1 Å². The maximum absolute atomic E-state index is 12.2. The first-order valence-electron chi connectivity index (χ1n) is 11.1. The van der Waals surface area contributed by atoms with Gasteiger partial charge >= 0.3 is 23.4 Å². The van der Waals surface area contributed by atoms with E-state index in [9.17, 15) is 33.6 Å². The third kappa shape index (κ3) is 7.81. The van der Waals surface area contributed by atoms with Crippen LogP contribution in [0.4, 0.5) is 0 Å². The van der Waals surface area contributed by atoms with Crippen LogP contribution in [0, 0.1) is 5.92 Å². The zero-order valence-corrected chi connectivity index (χ0v) is 19.6. The molecule has 3 rings (SSSR count). The predicted octanol–water partition coefficient (Wildman–Crippen LogP) is -1.39. The lowest BCUT2D eigenvalue weighted by Gasteiger charge is -2.15. The summed E-state index contributed by atoms with van der Waals surface area (Å²) < 4.78 is 4.84. The Hall–Kier alpha value is -4.37. The molecule has 0 radical (unpaired) electrons. The topological polar surface area (TPSA) is 249 Å². The van der Waals surface area contributed by atoms with Crippen LogP contribution >= 0.6 is 0 Å². The second-order valence-corrected chi connectivity index (χ2v) is 8.19. The van der Waals surface area contributed by atoms with Gasteiger partial charge in [0.05, 0.1) is 17.7 Å². The molecule has 37 heavy (non-hydrogen) atoms. The summed E-state index contributed by atoms with van der Waals surface area (Å²) in [5, 5.41) is 17.1. The number of hydrogen-bond acceptors (Lipinski definition) is 10. The minimum Gasteiger partial charge on any atom is -0.480 e. The molecule has 2 aromatic rings. The molecule has 0 fully saturated rings. The molecule has 2 heterocycles. The van der Waals surface area contributed by atoms with Crippen LogP contribution in [-0.2, 0) is 20.9 Å². The molecule has 0 bridgehead atoms. The number of benzene rings is 1. The normalized spacial score (nSPS) is 14.8. The summed E-state index contributed by atoms with van der Waals surface area (Å²) in [6.45, 7) is -0.101. The summed E-state index contributed by atoms with van der Waals surface area (Å²) in [6, 6.07) is 4.35. The standard InChI is InChI=1S/C17H20N2O5.C5H7N3O5/c18-14(17(23)24)9-11(10-20)5-3-4-8-19-15(21)12-6-1-2-7-13(12)16(19)22;6-2(3(9)10)1-8-4(11)7-5(12)13-8/h1-2,6-7,10-11,14H,3-5,8-9,18H2,(H,23,24);2H,1,6H2,(H,9,10)(H,7,11,12)/t11?,14-;2-/m00/s1. The maximum atomic E-state index is 12.2. The fourth-order valence-electron chi connectivity index (χ4n) is 3.48. The monoisotopic (exact) mass is 521 g/mol. The van der Waals surface area contributed by atoms with Crippen molar-refractivity contribution in [3.05, 3.63) is 56.4 Å². The molecule has 0 spiro atoms. The highest BCUT2D eigenvalue weighted by Crippen LogP contribution is 2.23. The summed E-state index contributed by atoms with van der Waals surface area (Å²) >= 11 is 0. The van der Waals surface area contributed by atoms with E-state index in [2.05, 4.69) is 4.52 Å². The van der Waals surface area contributed by atoms with Crippen molar-refractivity contribution in [3.8, 4) is 0 Å². The first-order valence-corrected chi connectivity index (χ1v) is 11.1. The Bertz CT molecular complexity index is 1230. The van der Waals surface area contributed by atoms with Crippen molar-refractivity contribution in [2.45, 2.75) is 44.3 Å². The lowest BCUT2D eigenvalue weighted by atomic mass is 9.96. The minimum atomic E-state index is -1.28. The number of carbonyl (C=O) groups is 5. The van der Waals surface area contributed by atoms with E-state index in [-0.39, 0.29) is 31.3 Å². The Balaban J connectivity index is 0.000000312. The van der Waals surface area contributed by atoms with E-state index in [0.29, 0.717) is 41.4 Å². The highest BCUT2D eigenvalue weighted by Gasteiger charge is 2.34. The second-order valence-electron chi connectivity index (χ2n) is 8.19. The van der Waals surface area contributed by atoms with Crippen molar-refractivity contribution in [3.63, 3.8) is 0 Å². The number of imide groups is 1. The van der Waals surface area contributed by atoms with Crippen LogP contribution in [0.25, 0.3) is 0 Å². The Labute approximate surface area is 208 Å². The zero-order chi connectivity index (χ0) is 27.7. The average molecular weight is 521 g/mol. The number of aldehydes is 1. The highest BCUT2D eigenvalue weighted by molar-refractivity contribution is 6.21. The van der Waals surface area contributed by atoms with Gasteiger partial charge < -0.3 is 31.0 Å². The minimum absolute atomic E-state index is 0.0891. The van der Waals surface area contributed by atoms with E-state index in [0.717, 1.165) is 0 Å². The van der Waals surface area contributed by atoms with Gasteiger partial charge in [0.25, 0.3) is 11.8 Å². The van der Waals surface area contributed by atoms with Crippen molar-refractivity contribution in [1.29, 1.82) is 0 Å². The van der Waals surface area contributed by atoms with Crippen LogP contribution in [0.3, 0.4) is 0 Å². The molecule has 0 aliphatic carbocycles. The van der Waals surface area contributed by atoms with Crippen LogP contribution in [0.1, 0.15) is 46.4 Å². The molecule has 1 aliphatic rings. The molecule has 3 atom stereocenters. The number of unbranched alkanes of at least 4 members (excludes halogenated alkanes) is 1. The average Bonchev–Trinajstić information content (AvgIpc) is 3.30. The first-order chi connectivity index (χ1) is 17.5. The lowest BCUT2D eigenvalue weighted by Crippen LogP contribution is -2.37. The lowest BCUT2D eigenvalue weighted by molar-refractivity contribution is -0.140. The highest BCUT2D eigenvalue weighted by atomic mass is 16.5. The van der Waals surface area contributed by atoms with Gasteiger partial charge in [-0.25, -0.2) is 14.6 Å². The smallest absolute Gasteiger partial charge is 0.440 e. The number of H-pyrrole nitrogens is 1. The van der Waals surface area contributed by atoms with Crippen molar-refractivity contribution >= 4 is 30.0 Å². The molecular formula is C22H27N5O10. The number of aromatic amines is 1. The molecule has 0 saturated carbocycles. The van der Waals surface area contributed by atoms with Crippen LogP contribution < -0.4 is 22.9 Å². The van der Waals surface area contributed by atoms with E-state index in [4.69, 9.17) is 21.7 Å². The van der Waals surface area contributed by atoms with E-state index in [1.165, 1.54) is 4.90 Å². The Morgan fingerprint density at radius 3 is 2.00 bits per heavy atom. The molecule has 200 valence electrons. The van der Waals surface area contributed by atoms with Crippen molar-refractivity contribution in [2.24, 2.45) is 17.4 Å². The van der Waals surface area contributed by atoms with Crippen molar-refractivity contribution < 1.29 is 38.7 Å². The first kappa shape index (κ1) is 28.9. The van der Waals surface area contributed by atoms with E-state index >= 15 is 0 Å². The van der Waals surface area contributed by atoms with Gasteiger partial charge in [-0.1, -0.05) is 18.6 Å². The number of amides is 2. The fraction of sp³-hybridized carbons (Fsp3) is 0.409. The number of hydrogen-bond donors (Lipinski definition) is 5. The van der Waals surface area contributed by atoms with Crippen LogP contribution in [-0.4, -0.2) is 73.5 Å². The molecule has 0 saturated heterocycles. The SMILES string of the molecule is N[C@@H](CC(C=O)CCCCN1C(=O)c2ccccc2C1=O)C(=O)O.N[C@@H](Cn1oc(=O)[nH]c1=O)C(=O)O. The van der Waals surface area contributed by atoms with Crippen LogP contribution in [0.5, 0.6) is 0 Å². The quantitative estimate of drug-likeness (QED) is 0.123. The molecular weight excluding hydrogens is 494 g/mol. The summed E-state index contributed by atoms with van der Waals surface area (Å²) in [5.74, 6) is -4.38. The molecule has 2 amide bonds. The van der Waals surface area contributed by atoms with Gasteiger partial charge in [0.2, 0.25) is 0 Å². The number of aromatic nitrogens is 2. The third-order valence-corrected chi connectivity index (χ3v) is 5.46. The number of nitrogens with two attached hydrogens (primary N) is 2. The summed E-state index contributed by atoms with van der Waals surface area (Å²) in [7, 11) is 0. The fourth-order valence-corrected chi connectivity index (χ4v) is 3.48. The van der Waals surface area contributed by atoms with Gasteiger partial charge in [0.1, 0.15) is 18.4 Å².